The number of anilines is 3. The number of aromatic nitrogens is 8. The van der Waals surface area contributed by atoms with E-state index in [1.165, 1.54) is 16.9 Å². The Morgan fingerprint density at radius 2 is 1.98 bits per heavy atom. The summed E-state index contributed by atoms with van der Waals surface area (Å²) in [5, 5.41) is 21.9. The van der Waals surface area contributed by atoms with Crippen LogP contribution < -0.4 is 20.3 Å². The minimum Gasteiger partial charge on any atom is -0.485 e. The quantitative estimate of drug-likeness (QED) is 0.138. The number of allylic oxidation sites excluding steroid dienone is 2. The van der Waals surface area contributed by atoms with Gasteiger partial charge >= 0.3 is 0 Å². The summed E-state index contributed by atoms with van der Waals surface area (Å²) in [5.41, 5.74) is 3.64. The molecule has 0 amide bonds. The van der Waals surface area contributed by atoms with Crippen molar-refractivity contribution in [1.29, 1.82) is 0 Å². The van der Waals surface area contributed by atoms with Gasteiger partial charge in [-0.15, -0.1) is 5.10 Å². The number of H-pyrrole nitrogens is 1. The maximum atomic E-state index is 15.9. The Morgan fingerprint density at radius 3 is 2.71 bits per heavy atom. The predicted octanol–water partition coefficient (Wildman–Crippen LogP) is 6.20. The fraction of sp³-hybridized carbons (Fsp3) is 0.359. The monoisotopic (exact) mass is 782 g/mol. The number of benzene rings is 2. The smallest absolute Gasteiger partial charge is 0.247 e. The van der Waals surface area contributed by atoms with E-state index in [4.69, 9.17) is 4.74 Å². The Kier molecular flexibility index (Phi) is 9.82. The van der Waals surface area contributed by atoms with Gasteiger partial charge in [0.1, 0.15) is 23.4 Å². The van der Waals surface area contributed by atoms with Crippen molar-refractivity contribution in [3.63, 3.8) is 0 Å². The third kappa shape index (κ3) is 7.00. The Morgan fingerprint density at radius 1 is 1.14 bits per heavy atom. The van der Waals surface area contributed by atoms with E-state index < -0.39 is 21.9 Å². The molecule has 0 spiro atoms. The second kappa shape index (κ2) is 14.8. The van der Waals surface area contributed by atoms with Gasteiger partial charge in [0.2, 0.25) is 11.6 Å². The lowest BCUT2D eigenvalue weighted by Gasteiger charge is -2.48. The largest absolute Gasteiger partial charge is 0.485 e. The Labute approximate surface area is 325 Å². The summed E-state index contributed by atoms with van der Waals surface area (Å²) in [6.45, 7) is 10.7. The first kappa shape index (κ1) is 37.3. The van der Waals surface area contributed by atoms with Crippen molar-refractivity contribution in [2.45, 2.75) is 62.4 Å². The molecule has 6 aromatic rings. The van der Waals surface area contributed by atoms with Crippen LogP contribution in [-0.4, -0.2) is 92.2 Å². The average molecular weight is 783 g/mol. The minimum atomic E-state index is -1.51. The van der Waals surface area contributed by atoms with Crippen LogP contribution in [0.1, 0.15) is 39.7 Å². The molecule has 2 unspecified atom stereocenters. The van der Waals surface area contributed by atoms with Crippen LogP contribution in [0.5, 0.6) is 5.75 Å². The lowest BCUT2D eigenvalue weighted by atomic mass is 9.97. The molecule has 56 heavy (non-hydrogen) atoms. The molecule has 0 radical (unpaired) electrons. The molecular formula is C39H44F2N12O2S. The van der Waals surface area contributed by atoms with Crippen molar-refractivity contribution in [3.05, 3.63) is 90.2 Å². The fourth-order valence-electron chi connectivity index (χ4n) is 7.45. The zero-order chi connectivity index (χ0) is 39.3. The molecular weight excluding hydrogens is 739 g/mol. The summed E-state index contributed by atoms with van der Waals surface area (Å²) in [6, 6.07) is 11.4. The molecule has 5 heterocycles. The number of hydrogen-bond acceptors (Lipinski definition) is 11. The van der Waals surface area contributed by atoms with Crippen molar-refractivity contribution in [1.82, 2.24) is 44.5 Å². The van der Waals surface area contributed by atoms with Crippen LogP contribution >= 0.6 is 0 Å². The molecule has 1 aliphatic carbocycles. The van der Waals surface area contributed by atoms with E-state index in [9.17, 15) is 4.21 Å². The third-order valence-corrected chi connectivity index (χ3v) is 11.8. The second-order valence-corrected chi connectivity index (χ2v) is 16.6. The van der Waals surface area contributed by atoms with Crippen molar-refractivity contribution in [2.75, 3.05) is 42.2 Å². The molecule has 1 fully saturated rings. The number of aryl methyl sites for hydroxylation is 1. The van der Waals surface area contributed by atoms with Gasteiger partial charge in [-0.2, -0.15) is 19.7 Å². The van der Waals surface area contributed by atoms with Crippen LogP contribution in [0.15, 0.2) is 83.7 Å². The van der Waals surface area contributed by atoms with Crippen molar-refractivity contribution in [2.24, 2.45) is 7.05 Å². The molecule has 1 aliphatic heterocycles. The summed E-state index contributed by atoms with van der Waals surface area (Å²) in [5.74, 6) is 0.423. The molecule has 17 heteroatoms. The van der Waals surface area contributed by atoms with Crippen LogP contribution in [0.4, 0.5) is 26.2 Å². The van der Waals surface area contributed by atoms with Gasteiger partial charge < -0.3 is 20.3 Å². The summed E-state index contributed by atoms with van der Waals surface area (Å²) in [4.78, 5) is 14.2. The highest BCUT2D eigenvalue weighted by Gasteiger charge is 2.35. The lowest BCUT2D eigenvalue weighted by molar-refractivity contribution is 0.0959. The van der Waals surface area contributed by atoms with Gasteiger partial charge in [0.25, 0.3) is 0 Å². The van der Waals surface area contributed by atoms with Gasteiger partial charge in [0, 0.05) is 67.9 Å². The first-order valence-electron chi connectivity index (χ1n) is 18.5. The Hall–Kier alpha value is -5.68. The molecule has 14 nitrogen and oxygen atoms in total. The number of ether oxygens (including phenoxy) is 1. The lowest BCUT2D eigenvalue weighted by Crippen LogP contribution is -2.59. The molecule has 0 bridgehead atoms. The molecule has 0 saturated carbocycles. The predicted molar refractivity (Wildman–Crippen MR) is 213 cm³/mol. The number of halogens is 2. The van der Waals surface area contributed by atoms with Crippen LogP contribution in [0.25, 0.3) is 27.8 Å². The molecule has 292 valence electrons. The van der Waals surface area contributed by atoms with Crippen LogP contribution in [0.2, 0.25) is 0 Å². The van der Waals surface area contributed by atoms with Crippen LogP contribution in [0.3, 0.4) is 0 Å². The van der Waals surface area contributed by atoms with E-state index in [-0.39, 0.29) is 29.1 Å². The van der Waals surface area contributed by atoms with Gasteiger partial charge in [0.05, 0.1) is 39.7 Å². The van der Waals surface area contributed by atoms with Crippen LogP contribution in [0, 0.1) is 5.82 Å². The number of fused-ring (bicyclic) bond motifs is 2. The highest BCUT2D eigenvalue weighted by atomic mass is 32.2. The maximum Gasteiger partial charge on any atom is 0.247 e. The number of aromatic amines is 1. The molecule has 8 rings (SSSR count). The third-order valence-electron chi connectivity index (χ3n) is 10.2. The first-order chi connectivity index (χ1) is 26.9. The van der Waals surface area contributed by atoms with Gasteiger partial charge in [-0.25, -0.2) is 13.8 Å². The average Bonchev–Trinajstić information content (AvgIpc) is 3.93. The van der Waals surface area contributed by atoms with E-state index in [0.717, 1.165) is 16.5 Å². The summed E-state index contributed by atoms with van der Waals surface area (Å²) in [6.07, 6.45) is 8.14. The molecule has 4 aromatic heterocycles. The number of piperazine rings is 1. The van der Waals surface area contributed by atoms with Crippen molar-refractivity contribution in [3.8, 4) is 17.0 Å². The van der Waals surface area contributed by atoms with E-state index in [0.29, 0.717) is 71.6 Å². The molecule has 2 aromatic carbocycles. The van der Waals surface area contributed by atoms with E-state index >= 15 is 8.78 Å². The van der Waals surface area contributed by atoms with Crippen molar-refractivity contribution < 1.29 is 17.7 Å². The van der Waals surface area contributed by atoms with Gasteiger partial charge in [-0.3, -0.25) is 18.9 Å². The SMILES string of the molecule is CNc1nn(C)c2c(F)c(N3CCN(Cc4cccc(S(=O)C5C=C(F)C(Nc6nc7c(OC(C)C)c(-c8cn[nH]c8)ncn7n6)=CC5)c4)C(C)(C)C3)ccc12. The highest BCUT2D eigenvalue weighted by Crippen LogP contribution is 2.36. The number of hydrogen-bond donors (Lipinski definition) is 3. The summed E-state index contributed by atoms with van der Waals surface area (Å²) < 4.78 is 54.5. The normalized spacial score (nSPS) is 18.0. The first-order valence-corrected chi connectivity index (χ1v) is 19.7. The summed E-state index contributed by atoms with van der Waals surface area (Å²) in [7, 11) is 2.02. The zero-order valence-electron chi connectivity index (χ0n) is 32.0. The van der Waals surface area contributed by atoms with E-state index in [2.05, 4.69) is 64.6 Å². The second-order valence-electron chi connectivity index (χ2n) is 14.9. The zero-order valence-corrected chi connectivity index (χ0v) is 32.9. The van der Waals surface area contributed by atoms with E-state index in [1.54, 1.807) is 37.2 Å². The van der Waals surface area contributed by atoms with Gasteiger partial charge in [-0.1, -0.05) is 18.2 Å². The number of nitrogens with one attached hydrogen (secondary N) is 3. The highest BCUT2D eigenvalue weighted by molar-refractivity contribution is 7.85. The van der Waals surface area contributed by atoms with E-state index in [1.807, 2.05) is 50.2 Å². The van der Waals surface area contributed by atoms with Gasteiger partial charge in [-0.05, 0) is 70.0 Å². The molecule has 1 saturated heterocycles. The topological polar surface area (TPSA) is 146 Å². The Balaban J connectivity index is 0.931. The molecule has 2 atom stereocenters. The number of rotatable bonds is 11. The number of nitrogens with zero attached hydrogens (tertiary/aromatic N) is 9. The standard InChI is InChI=1S/C39H44F2N12O2S/c1-23(2)55-35-33(25-18-44-45-19-25)43-22-53-37(35)47-38(49-53)46-30-12-10-27(17-29(30)40)56(54)26-9-7-8-24(16-26)20-52-15-14-51(21-39(52,3)4)31-13-11-28-34(32(31)41)50(6)48-36(28)42-5/h7-9,11-13,16-19,22-23,27H,10,14-15,20-21H2,1-6H3,(H,42,48)(H,44,45)(H,46,49). The fourth-order valence-corrected chi connectivity index (χ4v) is 8.79. The maximum absolute atomic E-state index is 15.9. The molecule has 3 N–H and O–H groups in total. The van der Waals surface area contributed by atoms with Crippen molar-refractivity contribution >= 4 is 44.8 Å². The minimum absolute atomic E-state index is 0.163. The van der Waals surface area contributed by atoms with Crippen LogP contribution in [-0.2, 0) is 24.4 Å². The Bertz CT molecular complexity index is 2510. The summed E-state index contributed by atoms with van der Waals surface area (Å²) >= 11 is 0. The van der Waals surface area contributed by atoms with Gasteiger partial charge in [0.15, 0.2) is 17.4 Å². The molecule has 2 aliphatic rings.